The SMILES string of the molecule is CC(Cl)Cc1ccc2c(c1)CCCN2C(=O)C(C)(C)C. The lowest BCUT2D eigenvalue weighted by atomic mass is 9.91. The number of alkyl halides is 1. The van der Waals surface area contributed by atoms with Crippen molar-refractivity contribution in [2.75, 3.05) is 11.4 Å². The third-order valence-corrected chi connectivity index (χ3v) is 3.82. The minimum Gasteiger partial charge on any atom is -0.312 e. The van der Waals surface area contributed by atoms with Crippen molar-refractivity contribution < 1.29 is 4.79 Å². The normalized spacial score (nSPS) is 16.8. The second-order valence-corrected chi connectivity index (χ2v) is 7.50. The lowest BCUT2D eigenvalue weighted by Crippen LogP contribution is -2.42. The van der Waals surface area contributed by atoms with Gasteiger partial charge in [-0.05, 0) is 43.4 Å². The highest BCUT2D eigenvalue weighted by molar-refractivity contribution is 6.20. The van der Waals surface area contributed by atoms with Crippen LogP contribution in [0.2, 0.25) is 0 Å². The molecule has 0 N–H and O–H groups in total. The van der Waals surface area contributed by atoms with Crippen LogP contribution in [0.15, 0.2) is 18.2 Å². The molecular weight excluding hydrogens is 270 g/mol. The summed E-state index contributed by atoms with van der Waals surface area (Å²) in [5.41, 5.74) is 3.29. The molecule has 1 heterocycles. The molecule has 1 aliphatic rings. The summed E-state index contributed by atoms with van der Waals surface area (Å²) >= 11 is 6.07. The molecule has 0 saturated heterocycles. The molecule has 1 aromatic carbocycles. The topological polar surface area (TPSA) is 20.3 Å². The Hall–Kier alpha value is -1.02. The zero-order valence-electron chi connectivity index (χ0n) is 12.9. The standard InChI is InChI=1S/C17H24ClNO/c1-12(18)10-13-7-8-15-14(11-13)6-5-9-19(15)16(20)17(2,3)4/h7-8,11-12H,5-6,9-10H2,1-4H3. The van der Waals surface area contributed by atoms with Crippen LogP contribution in [-0.4, -0.2) is 17.8 Å². The Morgan fingerprint density at radius 2 is 2.10 bits per heavy atom. The van der Waals surface area contributed by atoms with E-state index in [1.54, 1.807) is 0 Å². The van der Waals surface area contributed by atoms with Gasteiger partial charge in [0.05, 0.1) is 0 Å². The molecule has 1 atom stereocenters. The number of carbonyl (C=O) groups is 1. The summed E-state index contributed by atoms with van der Waals surface area (Å²) in [6, 6.07) is 6.41. The van der Waals surface area contributed by atoms with E-state index in [-0.39, 0.29) is 16.7 Å². The molecule has 20 heavy (non-hydrogen) atoms. The number of hydrogen-bond acceptors (Lipinski definition) is 1. The Morgan fingerprint density at radius 1 is 1.40 bits per heavy atom. The molecule has 0 spiro atoms. The summed E-state index contributed by atoms with van der Waals surface area (Å²) in [6.45, 7) is 8.78. The summed E-state index contributed by atoms with van der Waals surface area (Å²) in [4.78, 5) is 14.5. The van der Waals surface area contributed by atoms with Crippen molar-refractivity contribution in [1.29, 1.82) is 0 Å². The molecule has 3 heteroatoms. The van der Waals surface area contributed by atoms with Crippen LogP contribution < -0.4 is 4.90 Å². The molecule has 2 nitrogen and oxygen atoms in total. The fourth-order valence-corrected chi connectivity index (χ4v) is 2.90. The second-order valence-electron chi connectivity index (χ2n) is 6.76. The highest BCUT2D eigenvalue weighted by atomic mass is 35.5. The number of aryl methyl sites for hydroxylation is 1. The van der Waals surface area contributed by atoms with Gasteiger partial charge in [0.25, 0.3) is 0 Å². The predicted molar refractivity (Wildman–Crippen MR) is 85.6 cm³/mol. The fraction of sp³-hybridized carbons (Fsp3) is 0.588. The molecule has 2 rings (SSSR count). The van der Waals surface area contributed by atoms with Gasteiger partial charge < -0.3 is 4.90 Å². The first-order valence-electron chi connectivity index (χ1n) is 7.37. The van der Waals surface area contributed by atoms with Crippen molar-refractivity contribution in [3.8, 4) is 0 Å². The zero-order valence-corrected chi connectivity index (χ0v) is 13.6. The van der Waals surface area contributed by atoms with Gasteiger partial charge in [0.1, 0.15) is 0 Å². The molecule has 1 unspecified atom stereocenters. The van der Waals surface area contributed by atoms with Crippen molar-refractivity contribution in [2.45, 2.75) is 52.3 Å². The quantitative estimate of drug-likeness (QED) is 0.749. The Labute approximate surface area is 127 Å². The number of benzene rings is 1. The summed E-state index contributed by atoms with van der Waals surface area (Å²) in [7, 11) is 0. The molecule has 0 fully saturated rings. The lowest BCUT2D eigenvalue weighted by Gasteiger charge is -2.34. The molecule has 0 radical (unpaired) electrons. The van der Waals surface area contributed by atoms with Crippen LogP contribution in [0.3, 0.4) is 0 Å². The van der Waals surface area contributed by atoms with E-state index >= 15 is 0 Å². The van der Waals surface area contributed by atoms with E-state index < -0.39 is 0 Å². The Kier molecular flexibility index (Phi) is 4.43. The first kappa shape index (κ1) is 15.4. The van der Waals surface area contributed by atoms with Crippen LogP contribution in [-0.2, 0) is 17.6 Å². The van der Waals surface area contributed by atoms with Gasteiger partial charge in [0, 0.05) is 23.0 Å². The largest absolute Gasteiger partial charge is 0.312 e. The van der Waals surface area contributed by atoms with E-state index in [2.05, 4.69) is 18.2 Å². The molecule has 0 bridgehead atoms. The maximum absolute atomic E-state index is 12.5. The van der Waals surface area contributed by atoms with Gasteiger partial charge in [-0.25, -0.2) is 0 Å². The van der Waals surface area contributed by atoms with Crippen molar-refractivity contribution in [3.05, 3.63) is 29.3 Å². The summed E-state index contributed by atoms with van der Waals surface area (Å²) in [6.07, 6.45) is 2.96. The van der Waals surface area contributed by atoms with Crippen molar-refractivity contribution in [1.82, 2.24) is 0 Å². The van der Waals surface area contributed by atoms with Crippen LogP contribution in [0.1, 0.15) is 45.2 Å². The number of nitrogens with zero attached hydrogens (tertiary/aromatic N) is 1. The molecule has 0 aliphatic carbocycles. The van der Waals surface area contributed by atoms with E-state index in [1.807, 2.05) is 32.6 Å². The van der Waals surface area contributed by atoms with Crippen LogP contribution in [0.5, 0.6) is 0 Å². The van der Waals surface area contributed by atoms with E-state index in [0.29, 0.717) is 0 Å². The average molecular weight is 294 g/mol. The van der Waals surface area contributed by atoms with Gasteiger partial charge in [-0.15, -0.1) is 11.6 Å². The lowest BCUT2D eigenvalue weighted by molar-refractivity contribution is -0.125. The molecule has 0 aromatic heterocycles. The molecule has 1 aromatic rings. The fourth-order valence-electron chi connectivity index (χ4n) is 2.72. The maximum atomic E-state index is 12.5. The summed E-state index contributed by atoms with van der Waals surface area (Å²) in [5, 5.41) is 0.143. The number of anilines is 1. The summed E-state index contributed by atoms with van der Waals surface area (Å²) < 4.78 is 0. The van der Waals surface area contributed by atoms with E-state index in [4.69, 9.17) is 11.6 Å². The van der Waals surface area contributed by atoms with E-state index in [9.17, 15) is 4.79 Å². The molecule has 110 valence electrons. The molecule has 1 aliphatic heterocycles. The van der Waals surface area contributed by atoms with Crippen LogP contribution in [0.4, 0.5) is 5.69 Å². The van der Waals surface area contributed by atoms with Gasteiger partial charge in [0.15, 0.2) is 0 Å². The smallest absolute Gasteiger partial charge is 0.232 e. The first-order valence-corrected chi connectivity index (χ1v) is 7.80. The van der Waals surface area contributed by atoms with Crippen LogP contribution in [0, 0.1) is 5.41 Å². The molecular formula is C17H24ClNO. The molecule has 0 saturated carbocycles. The minimum atomic E-state index is -0.335. The zero-order chi connectivity index (χ0) is 14.9. The molecule has 1 amide bonds. The third kappa shape index (κ3) is 3.35. The Morgan fingerprint density at radius 3 is 2.70 bits per heavy atom. The van der Waals surface area contributed by atoms with Gasteiger partial charge >= 0.3 is 0 Å². The van der Waals surface area contributed by atoms with Crippen molar-refractivity contribution in [2.24, 2.45) is 5.41 Å². The van der Waals surface area contributed by atoms with E-state index in [1.165, 1.54) is 11.1 Å². The number of amides is 1. The summed E-state index contributed by atoms with van der Waals surface area (Å²) in [5.74, 6) is 0.205. The van der Waals surface area contributed by atoms with Crippen molar-refractivity contribution in [3.63, 3.8) is 0 Å². The number of rotatable bonds is 2. The first-order chi connectivity index (χ1) is 9.29. The highest BCUT2D eigenvalue weighted by Crippen LogP contribution is 2.32. The van der Waals surface area contributed by atoms with Gasteiger partial charge in [-0.3, -0.25) is 4.79 Å². The number of halogens is 1. The monoisotopic (exact) mass is 293 g/mol. The van der Waals surface area contributed by atoms with Crippen LogP contribution in [0.25, 0.3) is 0 Å². The Balaban J connectivity index is 2.30. The number of fused-ring (bicyclic) bond motifs is 1. The number of hydrogen-bond donors (Lipinski definition) is 0. The Bertz CT molecular complexity index is 502. The maximum Gasteiger partial charge on any atom is 0.232 e. The van der Waals surface area contributed by atoms with Crippen molar-refractivity contribution >= 4 is 23.2 Å². The van der Waals surface area contributed by atoms with Crippen LogP contribution >= 0.6 is 11.6 Å². The average Bonchev–Trinajstić information content (AvgIpc) is 2.35. The van der Waals surface area contributed by atoms with Gasteiger partial charge in [0.2, 0.25) is 5.91 Å². The predicted octanol–water partition coefficient (Wildman–Crippen LogP) is 4.18. The van der Waals surface area contributed by atoms with E-state index in [0.717, 1.165) is 31.5 Å². The minimum absolute atomic E-state index is 0.143. The highest BCUT2D eigenvalue weighted by Gasteiger charge is 2.30. The number of carbonyl (C=O) groups excluding carboxylic acids is 1. The second kappa shape index (κ2) is 5.77. The third-order valence-electron chi connectivity index (χ3n) is 3.67. The van der Waals surface area contributed by atoms with Gasteiger partial charge in [-0.2, -0.15) is 0 Å². The van der Waals surface area contributed by atoms with Gasteiger partial charge in [-0.1, -0.05) is 32.9 Å².